The molecule has 0 radical (unpaired) electrons. The third kappa shape index (κ3) is 16.0. The number of aliphatic hydroxyl groups is 1. The number of hydrogen-bond donors (Lipinski definition) is 11. The Morgan fingerprint density at radius 2 is 1.29 bits per heavy atom. The number of thiol groups is 1. The third-order valence-corrected chi connectivity index (χ3v) is 6.22. The van der Waals surface area contributed by atoms with Crippen molar-refractivity contribution in [3.05, 3.63) is 0 Å². The number of carboxylic acid groups (broad SMARTS) is 1. The lowest BCUT2D eigenvalue weighted by Crippen LogP contribution is -2.59. The van der Waals surface area contributed by atoms with E-state index in [-0.39, 0.29) is 49.9 Å². The van der Waals surface area contributed by atoms with Crippen LogP contribution in [0.3, 0.4) is 0 Å². The maximum atomic E-state index is 13.4. The molecule has 0 spiro atoms. The van der Waals surface area contributed by atoms with E-state index in [0.717, 1.165) is 0 Å². The second-order valence-electron chi connectivity index (χ2n) is 9.92. The van der Waals surface area contributed by atoms with Crippen molar-refractivity contribution < 1.29 is 34.2 Å². The van der Waals surface area contributed by atoms with Gasteiger partial charge in [0.1, 0.15) is 24.2 Å². The van der Waals surface area contributed by atoms with Crippen LogP contribution in [-0.2, 0) is 24.0 Å². The van der Waals surface area contributed by atoms with Gasteiger partial charge in [-0.25, -0.2) is 4.79 Å². The lowest BCUT2D eigenvalue weighted by atomic mass is 10.0. The molecule has 0 aromatic rings. The maximum Gasteiger partial charge on any atom is 0.328 e. The number of amides is 4. The average molecular weight is 606 g/mol. The number of nitrogens with one attached hydrogen (secondary N) is 4. The van der Waals surface area contributed by atoms with Gasteiger partial charge in [0.05, 0.1) is 12.6 Å². The summed E-state index contributed by atoms with van der Waals surface area (Å²) in [7, 11) is 0. The Labute approximate surface area is 245 Å². The number of hydrogen-bond acceptors (Lipinski definition) is 10. The van der Waals surface area contributed by atoms with E-state index in [0.29, 0.717) is 19.4 Å². The highest BCUT2D eigenvalue weighted by Crippen LogP contribution is 2.09. The zero-order chi connectivity index (χ0) is 31.5. The van der Waals surface area contributed by atoms with Gasteiger partial charge in [-0.15, -0.1) is 0 Å². The molecule has 0 unspecified atom stereocenters. The first-order valence-electron chi connectivity index (χ1n) is 13.4. The van der Waals surface area contributed by atoms with Crippen LogP contribution in [-0.4, -0.2) is 101 Å². The van der Waals surface area contributed by atoms with Crippen molar-refractivity contribution in [1.29, 1.82) is 0 Å². The monoisotopic (exact) mass is 605 g/mol. The molecule has 0 aliphatic rings. The van der Waals surface area contributed by atoms with E-state index in [9.17, 15) is 34.2 Å². The summed E-state index contributed by atoms with van der Waals surface area (Å²) in [4.78, 5) is 66.9. The van der Waals surface area contributed by atoms with Crippen LogP contribution in [0.25, 0.3) is 0 Å². The summed E-state index contributed by atoms with van der Waals surface area (Å²) in [5.41, 5.74) is 22.0. The van der Waals surface area contributed by atoms with Crippen molar-refractivity contribution in [1.82, 2.24) is 21.3 Å². The number of aliphatic imine (C=N–C) groups is 1. The molecule has 0 bridgehead atoms. The Morgan fingerprint density at radius 1 is 0.805 bits per heavy atom. The first-order valence-corrected chi connectivity index (χ1v) is 14.1. The summed E-state index contributed by atoms with van der Waals surface area (Å²) >= 11 is 4.01. The smallest absolute Gasteiger partial charge is 0.328 e. The Hall–Kier alpha value is -3.15. The Morgan fingerprint density at radius 3 is 1.73 bits per heavy atom. The highest BCUT2D eigenvalue weighted by Gasteiger charge is 2.31. The predicted molar refractivity (Wildman–Crippen MR) is 157 cm³/mol. The van der Waals surface area contributed by atoms with Crippen molar-refractivity contribution in [3.63, 3.8) is 0 Å². The minimum Gasteiger partial charge on any atom is -0.480 e. The molecule has 0 saturated carbocycles. The number of aliphatic hydroxyl groups excluding tert-OH is 1. The maximum absolute atomic E-state index is 13.4. The van der Waals surface area contributed by atoms with Crippen LogP contribution >= 0.6 is 12.6 Å². The summed E-state index contributed by atoms with van der Waals surface area (Å²) < 4.78 is 0. The number of rotatable bonds is 21. The van der Waals surface area contributed by atoms with Crippen molar-refractivity contribution in [3.8, 4) is 0 Å². The first kappa shape index (κ1) is 37.9. The molecule has 16 nitrogen and oxygen atoms in total. The van der Waals surface area contributed by atoms with Crippen LogP contribution in [0.1, 0.15) is 52.4 Å². The first-order chi connectivity index (χ1) is 19.3. The second-order valence-corrected chi connectivity index (χ2v) is 10.3. The summed E-state index contributed by atoms with van der Waals surface area (Å²) in [5, 5.41) is 28.5. The standard InChI is InChI=1S/C24H47N9O7S/c1-13(2)10-17(32-19(35)14(26)12-41)22(38)31-15(6-3-4-8-25)20(36)30-16(7-5-9-29-24(27)28)21(37)33-18(11-34)23(39)40/h13-18,34,41H,3-12,25-26H2,1-2H3,(H,30,36)(H,31,38)(H,32,35)(H,33,37)(H,39,40)(H4,27,28,29)/t14-,15-,16-,17-,18-/m0/s1. The topological polar surface area (TPSA) is 290 Å². The van der Waals surface area contributed by atoms with Crippen LogP contribution in [0.5, 0.6) is 0 Å². The van der Waals surface area contributed by atoms with Crippen molar-refractivity contribution in [2.24, 2.45) is 33.8 Å². The van der Waals surface area contributed by atoms with E-state index in [4.69, 9.17) is 22.9 Å². The summed E-state index contributed by atoms with van der Waals surface area (Å²) in [6, 6.07) is -5.86. The van der Waals surface area contributed by atoms with E-state index < -0.39 is 66.4 Å². The molecule has 5 atom stereocenters. The molecule has 0 saturated heterocycles. The number of aliphatic carboxylic acids is 1. The van der Waals surface area contributed by atoms with Gasteiger partial charge < -0.3 is 54.4 Å². The molecule has 17 heteroatoms. The molecule has 0 aliphatic heterocycles. The van der Waals surface area contributed by atoms with Crippen LogP contribution in [0.15, 0.2) is 4.99 Å². The molecule has 0 heterocycles. The minimum absolute atomic E-state index is 0.00907. The molecule has 0 aliphatic carbocycles. The van der Waals surface area contributed by atoms with Crippen LogP contribution in [0.2, 0.25) is 0 Å². The number of carbonyl (C=O) groups excluding carboxylic acids is 4. The van der Waals surface area contributed by atoms with Crippen molar-refractivity contribution in [2.45, 2.75) is 82.6 Å². The molecule has 0 aromatic heterocycles. The van der Waals surface area contributed by atoms with Gasteiger partial charge in [0.25, 0.3) is 0 Å². The fraction of sp³-hybridized carbons (Fsp3) is 0.750. The van der Waals surface area contributed by atoms with Gasteiger partial charge in [-0.3, -0.25) is 24.2 Å². The Balaban J connectivity index is 5.89. The van der Waals surface area contributed by atoms with Crippen LogP contribution < -0.4 is 44.2 Å². The van der Waals surface area contributed by atoms with Gasteiger partial charge in [0.2, 0.25) is 23.6 Å². The fourth-order valence-corrected chi connectivity index (χ4v) is 3.77. The third-order valence-electron chi connectivity index (χ3n) is 5.83. The molecule has 0 rings (SSSR count). The Kier molecular flexibility index (Phi) is 19.1. The lowest BCUT2D eigenvalue weighted by Gasteiger charge is -2.27. The number of unbranched alkanes of at least 4 members (excludes halogenated alkanes) is 1. The van der Waals surface area contributed by atoms with Gasteiger partial charge in [-0.05, 0) is 51.0 Å². The molecular formula is C24H47N9O7S. The number of carboxylic acids is 1. The molecule has 236 valence electrons. The minimum atomic E-state index is -1.59. The van der Waals surface area contributed by atoms with Gasteiger partial charge in [-0.2, -0.15) is 12.6 Å². The highest BCUT2D eigenvalue weighted by atomic mass is 32.1. The second kappa shape index (κ2) is 20.7. The van der Waals surface area contributed by atoms with E-state index in [1.807, 2.05) is 13.8 Å². The van der Waals surface area contributed by atoms with Gasteiger partial charge in [0.15, 0.2) is 5.96 Å². The van der Waals surface area contributed by atoms with Gasteiger partial charge in [-0.1, -0.05) is 13.8 Å². The quantitative estimate of drug-likeness (QED) is 0.0264. The normalized spacial score (nSPS) is 14.6. The molecule has 14 N–H and O–H groups in total. The summed E-state index contributed by atoms with van der Waals surface area (Å²) in [5.74, 6) is -4.31. The number of nitrogens with zero attached hydrogens (tertiary/aromatic N) is 1. The zero-order valence-electron chi connectivity index (χ0n) is 23.7. The number of carbonyl (C=O) groups is 5. The molecule has 4 amide bonds. The molecule has 41 heavy (non-hydrogen) atoms. The van der Waals surface area contributed by atoms with Gasteiger partial charge in [0, 0.05) is 12.3 Å². The predicted octanol–water partition coefficient (Wildman–Crippen LogP) is -3.51. The van der Waals surface area contributed by atoms with Crippen molar-refractivity contribution >= 4 is 48.2 Å². The fourth-order valence-electron chi connectivity index (χ4n) is 3.60. The Bertz CT molecular complexity index is 888. The lowest BCUT2D eigenvalue weighted by molar-refractivity contribution is -0.143. The summed E-state index contributed by atoms with van der Waals surface area (Å²) in [6.45, 7) is 3.33. The van der Waals surface area contributed by atoms with E-state index in [1.54, 1.807) is 0 Å². The average Bonchev–Trinajstić information content (AvgIpc) is 2.90. The van der Waals surface area contributed by atoms with Crippen molar-refractivity contribution in [2.75, 3.05) is 25.4 Å². The van der Waals surface area contributed by atoms with Crippen LogP contribution in [0.4, 0.5) is 0 Å². The van der Waals surface area contributed by atoms with E-state index in [2.05, 4.69) is 38.9 Å². The summed E-state index contributed by atoms with van der Waals surface area (Å²) in [6.07, 6.45) is 1.72. The highest BCUT2D eigenvalue weighted by molar-refractivity contribution is 7.80. The van der Waals surface area contributed by atoms with Gasteiger partial charge >= 0.3 is 5.97 Å². The largest absolute Gasteiger partial charge is 0.480 e. The van der Waals surface area contributed by atoms with Crippen LogP contribution in [0, 0.1) is 5.92 Å². The number of guanidine groups is 1. The molecule has 0 fully saturated rings. The zero-order valence-corrected chi connectivity index (χ0v) is 24.6. The van der Waals surface area contributed by atoms with E-state index in [1.165, 1.54) is 0 Å². The molecule has 0 aromatic carbocycles. The SMILES string of the molecule is CC(C)C[C@H](NC(=O)[C@@H](N)CS)C(=O)N[C@@H](CCCCN)C(=O)N[C@@H](CCCN=C(N)N)C(=O)N[C@@H](CO)C(=O)O. The molecular weight excluding hydrogens is 558 g/mol. The number of nitrogens with two attached hydrogens (primary N) is 4. The van der Waals surface area contributed by atoms with E-state index >= 15 is 0 Å².